The van der Waals surface area contributed by atoms with Gasteiger partial charge >= 0.3 is 12.1 Å². The van der Waals surface area contributed by atoms with Crippen molar-refractivity contribution in [2.45, 2.75) is 32.1 Å². The number of methoxy groups -OCH3 is 1. The summed E-state index contributed by atoms with van der Waals surface area (Å²) >= 11 is 0. The lowest BCUT2D eigenvalue weighted by molar-refractivity contribution is -0.145. The lowest BCUT2D eigenvalue weighted by atomic mass is 9.99. The molecule has 1 rings (SSSR count). The minimum Gasteiger partial charge on any atom is -0.468 e. The molecule has 0 spiro atoms. The van der Waals surface area contributed by atoms with Gasteiger partial charge in [0.25, 0.3) is 0 Å². The van der Waals surface area contributed by atoms with E-state index in [0.29, 0.717) is 0 Å². The van der Waals surface area contributed by atoms with Gasteiger partial charge in [-0.2, -0.15) is 13.2 Å². The van der Waals surface area contributed by atoms with Crippen molar-refractivity contribution in [1.82, 2.24) is 5.32 Å². The van der Waals surface area contributed by atoms with E-state index in [2.05, 4.69) is 10.1 Å². The maximum absolute atomic E-state index is 12.9. The molecule has 6 heteroatoms. The minimum atomic E-state index is -4.51. The van der Waals surface area contributed by atoms with E-state index >= 15 is 0 Å². The number of hydrogen-bond donors (Lipinski definition) is 1. The third-order valence-corrected chi connectivity index (χ3v) is 2.51. The summed E-state index contributed by atoms with van der Waals surface area (Å²) in [6.07, 6.45) is -4.51. The Labute approximate surface area is 109 Å². The number of halogens is 3. The van der Waals surface area contributed by atoms with Crippen LogP contribution in [-0.4, -0.2) is 19.1 Å². The standard InChI is InChI=1S/C13H16F3NO2/c1-8(2)17-11(12(18)19-3)9-6-4-5-7-10(9)13(14,15)16/h4-8,11,17H,1-3H3. The second kappa shape index (κ2) is 6.06. The third kappa shape index (κ3) is 3.96. The maximum atomic E-state index is 12.9. The second-order valence-corrected chi connectivity index (χ2v) is 4.36. The fourth-order valence-corrected chi connectivity index (χ4v) is 1.74. The second-order valence-electron chi connectivity index (χ2n) is 4.36. The molecule has 0 aliphatic heterocycles. The van der Waals surface area contributed by atoms with Crippen molar-refractivity contribution >= 4 is 5.97 Å². The fourth-order valence-electron chi connectivity index (χ4n) is 1.74. The summed E-state index contributed by atoms with van der Waals surface area (Å²) in [5, 5.41) is 2.78. The van der Waals surface area contributed by atoms with Crippen LogP contribution >= 0.6 is 0 Å². The SMILES string of the molecule is COC(=O)C(NC(C)C)c1ccccc1C(F)(F)F. The number of nitrogens with one attached hydrogen (secondary N) is 1. The first-order valence-corrected chi connectivity index (χ1v) is 5.77. The van der Waals surface area contributed by atoms with Crippen LogP contribution in [0.4, 0.5) is 13.2 Å². The Hall–Kier alpha value is -1.56. The fraction of sp³-hybridized carbons (Fsp3) is 0.462. The lowest BCUT2D eigenvalue weighted by Crippen LogP contribution is -2.35. The van der Waals surface area contributed by atoms with Crippen LogP contribution in [0.2, 0.25) is 0 Å². The zero-order chi connectivity index (χ0) is 14.6. The van der Waals surface area contributed by atoms with Gasteiger partial charge < -0.3 is 4.74 Å². The molecule has 106 valence electrons. The Bertz CT molecular complexity index is 444. The quantitative estimate of drug-likeness (QED) is 0.859. The highest BCUT2D eigenvalue weighted by atomic mass is 19.4. The van der Waals surface area contributed by atoms with Crippen LogP contribution < -0.4 is 5.32 Å². The molecule has 0 saturated carbocycles. The zero-order valence-corrected chi connectivity index (χ0v) is 10.9. The first-order chi connectivity index (χ1) is 8.77. The van der Waals surface area contributed by atoms with Crippen LogP contribution in [-0.2, 0) is 15.7 Å². The van der Waals surface area contributed by atoms with Crippen LogP contribution in [0.3, 0.4) is 0 Å². The molecule has 1 N–H and O–H groups in total. The molecule has 1 aromatic carbocycles. The van der Waals surface area contributed by atoms with Gasteiger partial charge in [-0.05, 0) is 25.5 Å². The average molecular weight is 275 g/mol. The number of alkyl halides is 3. The normalized spacial score (nSPS) is 13.4. The van der Waals surface area contributed by atoms with Crippen molar-refractivity contribution in [3.05, 3.63) is 35.4 Å². The smallest absolute Gasteiger partial charge is 0.416 e. The van der Waals surface area contributed by atoms with Crippen molar-refractivity contribution in [2.24, 2.45) is 0 Å². The van der Waals surface area contributed by atoms with Gasteiger partial charge in [0.1, 0.15) is 6.04 Å². The van der Waals surface area contributed by atoms with E-state index in [-0.39, 0.29) is 11.6 Å². The molecule has 0 amide bonds. The molecule has 0 aliphatic carbocycles. The highest BCUT2D eigenvalue weighted by Crippen LogP contribution is 2.34. The van der Waals surface area contributed by atoms with E-state index in [1.807, 2.05) is 0 Å². The van der Waals surface area contributed by atoms with E-state index in [9.17, 15) is 18.0 Å². The van der Waals surface area contributed by atoms with Gasteiger partial charge in [0, 0.05) is 6.04 Å². The summed E-state index contributed by atoms with van der Waals surface area (Å²) in [6.45, 7) is 3.48. The molecule has 19 heavy (non-hydrogen) atoms. The number of benzene rings is 1. The molecule has 0 aromatic heterocycles. The summed E-state index contributed by atoms with van der Waals surface area (Å²) in [5.41, 5.74) is -0.964. The van der Waals surface area contributed by atoms with Crippen LogP contribution in [0.5, 0.6) is 0 Å². The lowest BCUT2D eigenvalue weighted by Gasteiger charge is -2.22. The average Bonchev–Trinajstić information content (AvgIpc) is 2.34. The minimum absolute atomic E-state index is 0.129. The number of carbonyl (C=O) groups is 1. The highest BCUT2D eigenvalue weighted by molar-refractivity contribution is 5.78. The van der Waals surface area contributed by atoms with Gasteiger partial charge in [-0.25, -0.2) is 4.79 Å². The molecule has 0 saturated heterocycles. The van der Waals surface area contributed by atoms with Gasteiger partial charge in [0.15, 0.2) is 0 Å². The summed E-state index contributed by atoms with van der Waals surface area (Å²) in [6, 6.07) is 3.68. The number of carbonyl (C=O) groups excluding carboxylic acids is 1. The van der Waals surface area contributed by atoms with E-state index in [1.165, 1.54) is 18.2 Å². The number of hydrogen-bond acceptors (Lipinski definition) is 3. The summed E-state index contributed by atoms with van der Waals surface area (Å²) < 4.78 is 43.4. The Balaban J connectivity index is 3.26. The van der Waals surface area contributed by atoms with Crippen molar-refractivity contribution in [2.75, 3.05) is 7.11 Å². The summed E-state index contributed by atoms with van der Waals surface area (Å²) in [7, 11) is 1.15. The van der Waals surface area contributed by atoms with Gasteiger partial charge in [-0.3, -0.25) is 5.32 Å². The van der Waals surface area contributed by atoms with Crippen LogP contribution in [0.25, 0.3) is 0 Å². The molecular formula is C13H16F3NO2. The van der Waals surface area contributed by atoms with Gasteiger partial charge in [0.05, 0.1) is 12.7 Å². The topological polar surface area (TPSA) is 38.3 Å². The predicted octanol–water partition coefficient (Wildman–Crippen LogP) is 2.92. The molecule has 0 radical (unpaired) electrons. The largest absolute Gasteiger partial charge is 0.468 e. The number of ether oxygens (including phenoxy) is 1. The Morgan fingerprint density at radius 3 is 2.32 bits per heavy atom. The molecule has 0 heterocycles. The van der Waals surface area contributed by atoms with Gasteiger partial charge in [-0.1, -0.05) is 18.2 Å². The highest BCUT2D eigenvalue weighted by Gasteiger charge is 2.37. The Morgan fingerprint density at radius 2 is 1.84 bits per heavy atom. The van der Waals surface area contributed by atoms with Crippen molar-refractivity contribution in [3.63, 3.8) is 0 Å². The molecule has 0 aliphatic rings. The van der Waals surface area contributed by atoms with E-state index in [0.717, 1.165) is 13.2 Å². The molecule has 1 aromatic rings. The number of esters is 1. The molecular weight excluding hydrogens is 259 g/mol. The van der Waals surface area contributed by atoms with E-state index < -0.39 is 23.8 Å². The van der Waals surface area contributed by atoms with E-state index in [4.69, 9.17) is 0 Å². The molecule has 0 bridgehead atoms. The van der Waals surface area contributed by atoms with Crippen LogP contribution in [0, 0.1) is 0 Å². The molecule has 0 fully saturated rings. The third-order valence-electron chi connectivity index (χ3n) is 2.51. The summed E-state index contributed by atoms with van der Waals surface area (Å²) in [4.78, 5) is 11.7. The first-order valence-electron chi connectivity index (χ1n) is 5.77. The first kappa shape index (κ1) is 15.5. The zero-order valence-electron chi connectivity index (χ0n) is 10.9. The van der Waals surface area contributed by atoms with Crippen LogP contribution in [0.1, 0.15) is 31.0 Å². The number of rotatable bonds is 4. The van der Waals surface area contributed by atoms with Gasteiger partial charge in [-0.15, -0.1) is 0 Å². The van der Waals surface area contributed by atoms with E-state index in [1.54, 1.807) is 13.8 Å². The van der Waals surface area contributed by atoms with Crippen molar-refractivity contribution in [1.29, 1.82) is 0 Å². The van der Waals surface area contributed by atoms with Crippen LogP contribution in [0.15, 0.2) is 24.3 Å². The Kier molecular flexibility index (Phi) is 4.94. The predicted molar refractivity (Wildman–Crippen MR) is 64.5 cm³/mol. The molecule has 1 atom stereocenters. The van der Waals surface area contributed by atoms with Crippen molar-refractivity contribution in [3.8, 4) is 0 Å². The molecule has 1 unspecified atom stereocenters. The Morgan fingerprint density at radius 1 is 1.26 bits per heavy atom. The molecule has 3 nitrogen and oxygen atoms in total. The van der Waals surface area contributed by atoms with Crippen molar-refractivity contribution < 1.29 is 22.7 Å². The monoisotopic (exact) mass is 275 g/mol. The summed E-state index contributed by atoms with van der Waals surface area (Å²) in [5.74, 6) is -0.745. The van der Waals surface area contributed by atoms with Gasteiger partial charge in [0.2, 0.25) is 0 Å². The maximum Gasteiger partial charge on any atom is 0.416 e.